The average molecular weight is 353 g/mol. The molecule has 6 heteroatoms. The van der Waals surface area contributed by atoms with Gasteiger partial charge in [0, 0.05) is 23.8 Å². The molecular weight excluding hydrogens is 340 g/mol. The van der Waals surface area contributed by atoms with Crippen LogP contribution >= 0.6 is 22.9 Å². The molecule has 0 spiro atoms. The molecule has 4 aromatic rings. The van der Waals surface area contributed by atoms with E-state index < -0.39 is 0 Å². The average Bonchev–Trinajstić information content (AvgIpc) is 3.27. The molecule has 0 saturated heterocycles. The molecular formula is C18H13ClN4S. The number of aromatic nitrogens is 4. The van der Waals surface area contributed by atoms with Crippen molar-refractivity contribution in [3.8, 4) is 33.3 Å². The fourth-order valence-electron chi connectivity index (χ4n) is 2.52. The van der Waals surface area contributed by atoms with Gasteiger partial charge in [-0.05, 0) is 35.7 Å². The maximum absolute atomic E-state index is 6.00. The van der Waals surface area contributed by atoms with Crippen LogP contribution < -0.4 is 0 Å². The molecule has 3 aromatic heterocycles. The van der Waals surface area contributed by atoms with Crippen molar-refractivity contribution >= 4 is 22.9 Å². The van der Waals surface area contributed by atoms with Gasteiger partial charge in [0.05, 0.1) is 10.6 Å². The van der Waals surface area contributed by atoms with Crippen molar-refractivity contribution < 1.29 is 0 Å². The molecule has 118 valence electrons. The minimum Gasteiger partial charge on any atom is -0.349 e. The van der Waals surface area contributed by atoms with Gasteiger partial charge in [0.2, 0.25) is 0 Å². The molecule has 0 aliphatic carbocycles. The van der Waals surface area contributed by atoms with Gasteiger partial charge in [-0.3, -0.25) is 0 Å². The summed E-state index contributed by atoms with van der Waals surface area (Å²) in [6, 6.07) is 15.6. The summed E-state index contributed by atoms with van der Waals surface area (Å²) in [6.07, 6.45) is 1.99. The second-order valence-electron chi connectivity index (χ2n) is 5.32. The van der Waals surface area contributed by atoms with Gasteiger partial charge in [0.25, 0.3) is 0 Å². The van der Waals surface area contributed by atoms with E-state index in [1.165, 1.54) is 0 Å². The normalized spacial score (nSPS) is 10.9. The maximum Gasteiger partial charge on any atom is 0.192 e. The number of thiophene rings is 1. The van der Waals surface area contributed by atoms with E-state index in [0.717, 1.165) is 27.5 Å². The SMILES string of the molecule is Cn1cccc1-c1nc(-c2cccs2)nnc1-c1ccc(Cl)cc1. The molecule has 0 atom stereocenters. The Bertz CT molecular complexity index is 975. The van der Waals surface area contributed by atoms with Crippen molar-refractivity contribution in [2.75, 3.05) is 0 Å². The third-order valence-electron chi connectivity index (χ3n) is 3.73. The van der Waals surface area contributed by atoms with Crippen molar-refractivity contribution in [2.45, 2.75) is 0 Å². The highest BCUT2D eigenvalue weighted by Crippen LogP contribution is 2.31. The predicted octanol–water partition coefficient (Wildman–Crippen LogP) is 4.93. The van der Waals surface area contributed by atoms with Crippen molar-refractivity contribution in [3.63, 3.8) is 0 Å². The lowest BCUT2D eigenvalue weighted by Crippen LogP contribution is -2.01. The standard InChI is InChI=1S/C18H13ClN4S/c1-23-10-2-4-14(23)17-16(12-6-8-13(19)9-7-12)21-22-18(20-17)15-5-3-11-24-15/h2-11H,1H3. The van der Waals surface area contributed by atoms with Gasteiger partial charge in [-0.2, -0.15) is 0 Å². The third kappa shape index (κ3) is 2.72. The van der Waals surface area contributed by atoms with E-state index in [1.807, 2.05) is 71.7 Å². The molecule has 1 aromatic carbocycles. The Morgan fingerprint density at radius 1 is 0.958 bits per heavy atom. The van der Waals surface area contributed by atoms with Crippen LogP contribution in [-0.4, -0.2) is 19.7 Å². The minimum atomic E-state index is 0.638. The second kappa shape index (κ2) is 6.19. The van der Waals surface area contributed by atoms with Crippen LogP contribution in [-0.2, 0) is 7.05 Å². The second-order valence-corrected chi connectivity index (χ2v) is 6.71. The number of halogens is 1. The molecule has 0 amide bonds. The van der Waals surface area contributed by atoms with Gasteiger partial charge >= 0.3 is 0 Å². The van der Waals surface area contributed by atoms with Gasteiger partial charge in [-0.15, -0.1) is 21.5 Å². The first-order chi connectivity index (χ1) is 11.7. The number of nitrogens with zero attached hydrogens (tertiary/aromatic N) is 4. The fraction of sp³-hybridized carbons (Fsp3) is 0.0556. The number of benzene rings is 1. The molecule has 0 bridgehead atoms. The highest BCUT2D eigenvalue weighted by atomic mass is 35.5. The van der Waals surface area contributed by atoms with Gasteiger partial charge in [-0.1, -0.05) is 29.8 Å². The number of hydrogen-bond donors (Lipinski definition) is 0. The summed E-state index contributed by atoms with van der Waals surface area (Å²) in [4.78, 5) is 5.80. The fourth-order valence-corrected chi connectivity index (χ4v) is 3.30. The minimum absolute atomic E-state index is 0.638. The van der Waals surface area contributed by atoms with E-state index in [1.54, 1.807) is 11.3 Å². The van der Waals surface area contributed by atoms with E-state index >= 15 is 0 Å². The summed E-state index contributed by atoms with van der Waals surface area (Å²) < 4.78 is 2.03. The lowest BCUT2D eigenvalue weighted by atomic mass is 10.1. The molecule has 0 aliphatic heterocycles. The Morgan fingerprint density at radius 3 is 2.46 bits per heavy atom. The molecule has 0 fully saturated rings. The van der Waals surface area contributed by atoms with Crippen LogP contribution in [0.15, 0.2) is 60.1 Å². The lowest BCUT2D eigenvalue weighted by molar-refractivity contribution is 0.918. The van der Waals surface area contributed by atoms with E-state index in [9.17, 15) is 0 Å². The molecule has 4 rings (SSSR count). The van der Waals surface area contributed by atoms with Crippen molar-refractivity contribution in [3.05, 3.63) is 65.1 Å². The summed E-state index contributed by atoms with van der Waals surface area (Å²) in [5, 5.41) is 11.5. The molecule has 0 unspecified atom stereocenters. The summed E-state index contributed by atoms with van der Waals surface area (Å²) in [5.41, 5.74) is 3.48. The number of aryl methyl sites for hydroxylation is 1. The predicted molar refractivity (Wildman–Crippen MR) is 98.0 cm³/mol. The van der Waals surface area contributed by atoms with Crippen LogP contribution in [0, 0.1) is 0 Å². The Labute approximate surface area is 148 Å². The Kier molecular flexibility index (Phi) is 3.88. The molecule has 3 heterocycles. The largest absolute Gasteiger partial charge is 0.349 e. The van der Waals surface area contributed by atoms with Gasteiger partial charge in [0.1, 0.15) is 11.4 Å². The molecule has 24 heavy (non-hydrogen) atoms. The first-order valence-corrected chi connectivity index (χ1v) is 8.64. The van der Waals surface area contributed by atoms with Gasteiger partial charge in [-0.25, -0.2) is 4.98 Å². The van der Waals surface area contributed by atoms with Crippen LogP contribution in [0.3, 0.4) is 0 Å². The van der Waals surface area contributed by atoms with Crippen LogP contribution in [0.5, 0.6) is 0 Å². The molecule has 4 nitrogen and oxygen atoms in total. The van der Waals surface area contributed by atoms with E-state index in [0.29, 0.717) is 10.8 Å². The number of hydrogen-bond acceptors (Lipinski definition) is 4. The Hall–Kier alpha value is -2.50. The van der Waals surface area contributed by atoms with Crippen LogP contribution in [0.1, 0.15) is 0 Å². The third-order valence-corrected chi connectivity index (χ3v) is 4.85. The van der Waals surface area contributed by atoms with Crippen molar-refractivity contribution in [2.24, 2.45) is 7.05 Å². The van der Waals surface area contributed by atoms with Gasteiger partial charge < -0.3 is 4.57 Å². The molecule has 0 radical (unpaired) electrons. The first-order valence-electron chi connectivity index (χ1n) is 7.38. The summed E-state index contributed by atoms with van der Waals surface area (Å²) in [7, 11) is 1.99. The van der Waals surface area contributed by atoms with Crippen LogP contribution in [0.4, 0.5) is 0 Å². The molecule has 0 N–H and O–H groups in total. The first kappa shape index (κ1) is 15.1. The summed E-state index contributed by atoms with van der Waals surface area (Å²) >= 11 is 7.60. The van der Waals surface area contributed by atoms with E-state index in [4.69, 9.17) is 16.6 Å². The monoisotopic (exact) mass is 352 g/mol. The smallest absolute Gasteiger partial charge is 0.192 e. The highest BCUT2D eigenvalue weighted by molar-refractivity contribution is 7.13. The van der Waals surface area contributed by atoms with E-state index in [-0.39, 0.29) is 0 Å². The van der Waals surface area contributed by atoms with Crippen LogP contribution in [0.2, 0.25) is 5.02 Å². The topological polar surface area (TPSA) is 43.6 Å². The van der Waals surface area contributed by atoms with Gasteiger partial charge in [0.15, 0.2) is 5.82 Å². The quantitative estimate of drug-likeness (QED) is 0.525. The zero-order valence-corrected chi connectivity index (χ0v) is 14.4. The van der Waals surface area contributed by atoms with E-state index in [2.05, 4.69) is 10.2 Å². The maximum atomic E-state index is 6.00. The highest BCUT2D eigenvalue weighted by Gasteiger charge is 2.16. The molecule has 0 saturated carbocycles. The molecule has 0 aliphatic rings. The summed E-state index contributed by atoms with van der Waals surface area (Å²) in [6.45, 7) is 0. The van der Waals surface area contributed by atoms with Crippen molar-refractivity contribution in [1.29, 1.82) is 0 Å². The number of rotatable bonds is 3. The van der Waals surface area contributed by atoms with Crippen molar-refractivity contribution in [1.82, 2.24) is 19.7 Å². The van der Waals surface area contributed by atoms with Crippen LogP contribution in [0.25, 0.3) is 33.3 Å². The Morgan fingerprint density at radius 2 is 1.79 bits per heavy atom. The Balaban J connectivity index is 1.93. The summed E-state index contributed by atoms with van der Waals surface area (Å²) in [5.74, 6) is 0.638. The zero-order chi connectivity index (χ0) is 16.5. The lowest BCUT2D eigenvalue weighted by Gasteiger charge is -2.10. The zero-order valence-electron chi connectivity index (χ0n) is 12.8.